The van der Waals surface area contributed by atoms with Gasteiger partial charge in [0.1, 0.15) is 12.3 Å². The van der Waals surface area contributed by atoms with E-state index >= 15 is 0 Å². The quantitative estimate of drug-likeness (QED) is 0.789. The summed E-state index contributed by atoms with van der Waals surface area (Å²) in [5, 5.41) is 18.5. The molecule has 1 heterocycles. The van der Waals surface area contributed by atoms with Crippen molar-refractivity contribution in [2.75, 3.05) is 6.61 Å². The number of nitrogens with zero attached hydrogens (tertiary/aromatic N) is 3. The summed E-state index contributed by atoms with van der Waals surface area (Å²) in [7, 11) is 0. The van der Waals surface area contributed by atoms with E-state index in [1.54, 1.807) is 0 Å². The third kappa shape index (κ3) is 4.53. The van der Waals surface area contributed by atoms with Crippen molar-refractivity contribution in [1.82, 2.24) is 20.3 Å². The Labute approximate surface area is 133 Å². The first kappa shape index (κ1) is 16.5. The van der Waals surface area contributed by atoms with Crippen LogP contribution in [-0.2, 0) is 17.9 Å². The fourth-order valence-electron chi connectivity index (χ4n) is 1.97. The molecule has 0 saturated carbocycles. The van der Waals surface area contributed by atoms with Gasteiger partial charge >= 0.3 is 5.97 Å². The van der Waals surface area contributed by atoms with Crippen molar-refractivity contribution in [2.24, 2.45) is 0 Å². The number of carbonyl (C=O) groups excluding carboxylic acids is 1. The van der Waals surface area contributed by atoms with Crippen LogP contribution in [0.4, 0.5) is 0 Å². The summed E-state index contributed by atoms with van der Waals surface area (Å²) in [5.74, 6) is -0.741. The van der Waals surface area contributed by atoms with E-state index in [9.17, 15) is 9.59 Å². The fourth-order valence-corrected chi connectivity index (χ4v) is 1.97. The largest absolute Gasteiger partial charge is 0.494 e. The highest BCUT2D eigenvalue weighted by atomic mass is 16.5. The maximum absolute atomic E-state index is 11.9. The lowest BCUT2D eigenvalue weighted by molar-refractivity contribution is -0.122. The van der Waals surface area contributed by atoms with Crippen LogP contribution in [0.2, 0.25) is 0 Å². The zero-order valence-electron chi connectivity index (χ0n) is 12.9. The summed E-state index contributed by atoms with van der Waals surface area (Å²) in [6, 6.07) is 5.76. The third-order valence-corrected chi connectivity index (χ3v) is 3.06. The van der Waals surface area contributed by atoms with Crippen molar-refractivity contribution in [2.45, 2.75) is 26.9 Å². The number of carbonyl (C=O) groups is 2. The molecule has 1 amide bonds. The predicted octanol–water partition coefficient (Wildman–Crippen LogP) is 1.000. The van der Waals surface area contributed by atoms with Crippen LogP contribution in [-0.4, -0.2) is 38.6 Å². The molecule has 0 radical (unpaired) electrons. The number of amides is 1. The number of aromatic nitrogens is 3. The summed E-state index contributed by atoms with van der Waals surface area (Å²) >= 11 is 0. The van der Waals surface area contributed by atoms with Crippen molar-refractivity contribution < 1.29 is 19.4 Å². The minimum absolute atomic E-state index is 0.101. The van der Waals surface area contributed by atoms with Crippen LogP contribution in [0.25, 0.3) is 0 Å². The van der Waals surface area contributed by atoms with Gasteiger partial charge in [-0.2, -0.15) is 0 Å². The molecule has 8 nitrogen and oxygen atoms in total. The molecule has 122 valence electrons. The molecule has 0 fully saturated rings. The van der Waals surface area contributed by atoms with Gasteiger partial charge in [-0.15, -0.1) is 5.10 Å². The Morgan fingerprint density at radius 2 is 2.17 bits per heavy atom. The van der Waals surface area contributed by atoms with Crippen LogP contribution in [0, 0.1) is 6.92 Å². The van der Waals surface area contributed by atoms with E-state index in [4.69, 9.17) is 9.84 Å². The lowest BCUT2D eigenvalue weighted by Crippen LogP contribution is -2.27. The van der Waals surface area contributed by atoms with Gasteiger partial charge in [-0.25, -0.2) is 9.48 Å². The second kappa shape index (κ2) is 7.39. The van der Waals surface area contributed by atoms with Crippen LogP contribution < -0.4 is 10.1 Å². The van der Waals surface area contributed by atoms with Gasteiger partial charge in [-0.05, 0) is 25.5 Å². The summed E-state index contributed by atoms with van der Waals surface area (Å²) in [6.07, 6.45) is 1.21. The van der Waals surface area contributed by atoms with Crippen molar-refractivity contribution >= 4 is 11.9 Å². The fraction of sp³-hybridized carbons (Fsp3) is 0.333. The average Bonchev–Trinajstić information content (AvgIpc) is 2.95. The molecule has 1 aromatic heterocycles. The molecule has 0 spiro atoms. The molecule has 0 atom stereocenters. The van der Waals surface area contributed by atoms with Crippen LogP contribution in [0.3, 0.4) is 0 Å². The average molecular weight is 318 g/mol. The van der Waals surface area contributed by atoms with Gasteiger partial charge in [0.2, 0.25) is 5.91 Å². The van der Waals surface area contributed by atoms with Gasteiger partial charge in [0.15, 0.2) is 5.69 Å². The van der Waals surface area contributed by atoms with Gasteiger partial charge < -0.3 is 15.2 Å². The lowest BCUT2D eigenvalue weighted by atomic mass is 10.1. The Hall–Kier alpha value is -2.90. The monoisotopic (exact) mass is 318 g/mol. The molecule has 0 unspecified atom stereocenters. The van der Waals surface area contributed by atoms with E-state index in [1.807, 2.05) is 32.0 Å². The number of ether oxygens (including phenoxy) is 1. The summed E-state index contributed by atoms with van der Waals surface area (Å²) in [4.78, 5) is 22.6. The number of aromatic carboxylic acids is 1. The minimum atomic E-state index is -1.18. The van der Waals surface area contributed by atoms with Crippen molar-refractivity contribution in [3.63, 3.8) is 0 Å². The number of hydrogen-bond donors (Lipinski definition) is 2. The lowest BCUT2D eigenvalue weighted by Gasteiger charge is -2.12. The maximum Gasteiger partial charge on any atom is 0.358 e. The van der Waals surface area contributed by atoms with Gasteiger partial charge in [-0.3, -0.25) is 4.79 Å². The van der Waals surface area contributed by atoms with Gasteiger partial charge in [-0.1, -0.05) is 17.3 Å². The Morgan fingerprint density at radius 3 is 2.83 bits per heavy atom. The zero-order valence-corrected chi connectivity index (χ0v) is 12.9. The number of nitrogens with one attached hydrogen (secondary N) is 1. The summed E-state index contributed by atoms with van der Waals surface area (Å²) in [6.45, 7) is 4.62. The van der Waals surface area contributed by atoms with Crippen LogP contribution in [0.1, 0.15) is 28.5 Å². The molecular formula is C15H18N4O4. The number of rotatable bonds is 7. The first-order chi connectivity index (χ1) is 11.0. The molecule has 0 saturated heterocycles. The van der Waals surface area contributed by atoms with Gasteiger partial charge in [0.05, 0.1) is 12.8 Å². The van der Waals surface area contributed by atoms with Crippen LogP contribution in [0.15, 0.2) is 24.4 Å². The molecular weight excluding hydrogens is 300 g/mol. The normalized spacial score (nSPS) is 10.3. The summed E-state index contributed by atoms with van der Waals surface area (Å²) < 4.78 is 6.73. The highest BCUT2D eigenvalue weighted by Crippen LogP contribution is 2.20. The molecule has 2 aromatic rings. The summed E-state index contributed by atoms with van der Waals surface area (Å²) in [5.41, 5.74) is 1.75. The molecule has 2 rings (SSSR count). The van der Waals surface area contributed by atoms with Crippen molar-refractivity contribution in [3.05, 3.63) is 41.2 Å². The maximum atomic E-state index is 11.9. The molecule has 0 bridgehead atoms. The van der Waals surface area contributed by atoms with Gasteiger partial charge in [0, 0.05) is 12.1 Å². The Bertz CT molecular complexity index is 711. The van der Waals surface area contributed by atoms with Crippen molar-refractivity contribution in [3.8, 4) is 5.75 Å². The Kier molecular flexibility index (Phi) is 5.29. The van der Waals surface area contributed by atoms with Gasteiger partial charge in [0.25, 0.3) is 0 Å². The Balaban J connectivity index is 1.94. The SMILES string of the molecule is CCOc1cc(C)ccc1CNC(=O)Cn1cc(C(=O)O)nn1. The highest BCUT2D eigenvalue weighted by molar-refractivity contribution is 5.84. The first-order valence-electron chi connectivity index (χ1n) is 7.12. The van der Waals surface area contributed by atoms with Crippen LogP contribution >= 0.6 is 0 Å². The molecule has 0 aliphatic rings. The van der Waals surface area contributed by atoms with E-state index in [-0.39, 0.29) is 18.1 Å². The molecule has 8 heteroatoms. The van der Waals surface area contributed by atoms with Crippen LogP contribution in [0.5, 0.6) is 5.75 Å². The number of aryl methyl sites for hydroxylation is 1. The second-order valence-corrected chi connectivity index (χ2v) is 4.93. The smallest absolute Gasteiger partial charge is 0.358 e. The topological polar surface area (TPSA) is 106 Å². The molecule has 1 aromatic carbocycles. The number of carboxylic acids is 1. The number of benzene rings is 1. The standard InChI is InChI=1S/C15H18N4O4/c1-3-23-13-6-10(2)4-5-11(13)7-16-14(20)9-19-8-12(15(21)22)17-18-19/h4-6,8H,3,7,9H2,1-2H3,(H,16,20)(H,21,22). The zero-order chi connectivity index (χ0) is 16.8. The Morgan fingerprint density at radius 1 is 1.39 bits per heavy atom. The van der Waals surface area contributed by atoms with E-state index in [0.29, 0.717) is 13.2 Å². The van der Waals surface area contributed by atoms with E-state index in [0.717, 1.165) is 16.9 Å². The molecule has 0 aliphatic carbocycles. The third-order valence-electron chi connectivity index (χ3n) is 3.06. The predicted molar refractivity (Wildman–Crippen MR) is 81.2 cm³/mol. The number of hydrogen-bond acceptors (Lipinski definition) is 5. The first-order valence-corrected chi connectivity index (χ1v) is 7.12. The molecule has 23 heavy (non-hydrogen) atoms. The van der Waals surface area contributed by atoms with E-state index in [1.165, 1.54) is 10.9 Å². The van der Waals surface area contributed by atoms with E-state index in [2.05, 4.69) is 15.6 Å². The number of carboxylic acid groups (broad SMARTS) is 1. The van der Waals surface area contributed by atoms with E-state index < -0.39 is 5.97 Å². The highest BCUT2D eigenvalue weighted by Gasteiger charge is 2.11. The second-order valence-electron chi connectivity index (χ2n) is 4.93. The molecule has 2 N–H and O–H groups in total. The van der Waals surface area contributed by atoms with Crippen molar-refractivity contribution in [1.29, 1.82) is 0 Å². The molecule has 0 aliphatic heterocycles. The minimum Gasteiger partial charge on any atom is -0.494 e.